The van der Waals surface area contributed by atoms with Crippen LogP contribution in [0.25, 0.3) is 0 Å². The molecule has 2 amide bonds. The Morgan fingerprint density at radius 2 is 1.64 bits per heavy atom. The molecule has 0 spiro atoms. The van der Waals surface area contributed by atoms with Crippen LogP contribution in [0.5, 0.6) is 0 Å². The summed E-state index contributed by atoms with van der Waals surface area (Å²) in [4.78, 5) is 12.0. The number of halogens is 3. The van der Waals surface area contributed by atoms with Gasteiger partial charge >= 0.3 is 12.2 Å². The highest BCUT2D eigenvalue weighted by Gasteiger charge is 2.30. The molecule has 0 aliphatic carbocycles. The van der Waals surface area contributed by atoms with Crippen molar-refractivity contribution in [1.82, 2.24) is 5.32 Å². The molecule has 0 saturated carbocycles. The van der Waals surface area contributed by atoms with E-state index in [1.165, 1.54) is 12.1 Å². The number of carbonyl (C=O) groups excluding carboxylic acids is 1. The van der Waals surface area contributed by atoms with Gasteiger partial charge < -0.3 is 20.7 Å². The van der Waals surface area contributed by atoms with Crippen LogP contribution in [0.1, 0.15) is 18.1 Å². The van der Waals surface area contributed by atoms with Crippen molar-refractivity contribution in [2.24, 2.45) is 0 Å². The maximum absolute atomic E-state index is 12.6. The molecule has 150 valence electrons. The van der Waals surface area contributed by atoms with E-state index in [0.29, 0.717) is 12.3 Å². The summed E-state index contributed by atoms with van der Waals surface area (Å²) in [6, 6.07) is 11.1. The third-order valence-electron chi connectivity index (χ3n) is 4.49. The number of hydrogen-bond acceptors (Lipinski definition) is 3. The van der Waals surface area contributed by atoms with Gasteiger partial charge in [-0.05, 0) is 48.9 Å². The number of benzene rings is 2. The van der Waals surface area contributed by atoms with Gasteiger partial charge in [0.1, 0.15) is 0 Å². The summed E-state index contributed by atoms with van der Waals surface area (Å²) < 4.78 is 43.5. The number of urea groups is 1. The number of hydrogen-bond donors (Lipinski definition) is 3. The lowest BCUT2D eigenvalue weighted by Gasteiger charge is -2.34. The van der Waals surface area contributed by atoms with Crippen molar-refractivity contribution in [3.8, 4) is 0 Å². The highest BCUT2D eigenvalue weighted by molar-refractivity contribution is 5.99. The van der Waals surface area contributed by atoms with Crippen molar-refractivity contribution < 1.29 is 22.7 Å². The topological polar surface area (TPSA) is 62.4 Å². The van der Waals surface area contributed by atoms with Gasteiger partial charge in [0.2, 0.25) is 0 Å². The second-order valence-corrected chi connectivity index (χ2v) is 7.00. The summed E-state index contributed by atoms with van der Waals surface area (Å²) in [7, 11) is 0. The standard InChI is InChI=1S/C20H22F3N3O2/c1-19(13-24-10-11-28-19)12-14-2-6-16(7-3-14)25-18(27)26-17-8-4-15(5-9-17)20(21,22)23/h2-9,24H,10-13H2,1H3,(H2,25,26,27)/t19-/m1/s1. The molecule has 1 heterocycles. The molecule has 2 aromatic rings. The molecule has 5 nitrogen and oxygen atoms in total. The first-order chi connectivity index (χ1) is 13.2. The first-order valence-corrected chi connectivity index (χ1v) is 8.92. The van der Waals surface area contributed by atoms with E-state index in [1.807, 2.05) is 12.1 Å². The predicted molar refractivity (Wildman–Crippen MR) is 101 cm³/mol. The minimum absolute atomic E-state index is 0.257. The fourth-order valence-electron chi connectivity index (χ4n) is 3.06. The Morgan fingerprint density at radius 3 is 2.14 bits per heavy atom. The number of ether oxygens (including phenoxy) is 1. The van der Waals surface area contributed by atoms with Gasteiger partial charge in [-0.3, -0.25) is 0 Å². The van der Waals surface area contributed by atoms with Gasteiger partial charge in [0.15, 0.2) is 0 Å². The van der Waals surface area contributed by atoms with Crippen molar-refractivity contribution >= 4 is 17.4 Å². The molecule has 0 bridgehead atoms. The molecular weight excluding hydrogens is 371 g/mol. The molecule has 1 aliphatic heterocycles. The predicted octanol–water partition coefficient (Wildman–Crippen LogP) is 4.27. The first kappa shape index (κ1) is 20.2. The van der Waals surface area contributed by atoms with Crippen LogP contribution in [0.15, 0.2) is 48.5 Å². The highest BCUT2D eigenvalue weighted by Crippen LogP contribution is 2.29. The summed E-state index contributed by atoms with van der Waals surface area (Å²) in [6.45, 7) is 4.37. The molecule has 3 N–H and O–H groups in total. The van der Waals surface area contributed by atoms with Crippen molar-refractivity contribution in [1.29, 1.82) is 0 Å². The second kappa shape index (κ2) is 8.20. The lowest BCUT2D eigenvalue weighted by molar-refractivity contribution is -0.137. The van der Waals surface area contributed by atoms with E-state index in [9.17, 15) is 18.0 Å². The molecule has 2 aromatic carbocycles. The van der Waals surface area contributed by atoms with Crippen LogP contribution in [0.4, 0.5) is 29.3 Å². The zero-order valence-electron chi connectivity index (χ0n) is 15.4. The van der Waals surface area contributed by atoms with Crippen LogP contribution < -0.4 is 16.0 Å². The third-order valence-corrected chi connectivity index (χ3v) is 4.49. The van der Waals surface area contributed by atoms with Crippen LogP contribution in [-0.4, -0.2) is 31.3 Å². The van der Waals surface area contributed by atoms with Gasteiger partial charge in [0.05, 0.1) is 17.8 Å². The van der Waals surface area contributed by atoms with Gasteiger partial charge in [0.25, 0.3) is 0 Å². The quantitative estimate of drug-likeness (QED) is 0.727. The summed E-state index contributed by atoms with van der Waals surface area (Å²) in [6.07, 6.45) is -3.66. The highest BCUT2D eigenvalue weighted by atomic mass is 19.4. The fraction of sp³-hybridized carbons (Fsp3) is 0.350. The number of rotatable bonds is 4. The SMILES string of the molecule is C[C@@]1(Cc2ccc(NC(=O)Nc3ccc(C(F)(F)F)cc3)cc2)CNCCO1. The summed E-state index contributed by atoms with van der Waals surface area (Å²) >= 11 is 0. The normalized spacial score (nSPS) is 19.9. The molecule has 3 rings (SSSR count). The smallest absolute Gasteiger partial charge is 0.372 e. The number of amides is 2. The van der Waals surface area contributed by atoms with Crippen LogP contribution in [0, 0.1) is 0 Å². The zero-order valence-corrected chi connectivity index (χ0v) is 15.4. The van der Waals surface area contributed by atoms with Crippen molar-refractivity contribution in [2.45, 2.75) is 25.1 Å². The second-order valence-electron chi connectivity index (χ2n) is 7.00. The Balaban J connectivity index is 1.54. The molecule has 0 aromatic heterocycles. The molecule has 1 saturated heterocycles. The Hall–Kier alpha value is -2.58. The lowest BCUT2D eigenvalue weighted by Crippen LogP contribution is -2.48. The largest absolute Gasteiger partial charge is 0.416 e. The molecule has 8 heteroatoms. The number of nitrogens with one attached hydrogen (secondary N) is 3. The van der Waals surface area contributed by atoms with Crippen LogP contribution in [-0.2, 0) is 17.3 Å². The van der Waals surface area contributed by atoms with Gasteiger partial charge in [0, 0.05) is 30.9 Å². The van der Waals surface area contributed by atoms with Gasteiger partial charge in [-0.1, -0.05) is 12.1 Å². The molecule has 1 aliphatic rings. The maximum atomic E-state index is 12.6. The lowest BCUT2D eigenvalue weighted by atomic mass is 9.95. The van der Waals surface area contributed by atoms with Crippen molar-refractivity contribution in [3.63, 3.8) is 0 Å². The van der Waals surface area contributed by atoms with E-state index in [2.05, 4.69) is 22.9 Å². The molecule has 1 fully saturated rings. The number of anilines is 2. The van der Waals surface area contributed by atoms with Gasteiger partial charge in [-0.25, -0.2) is 4.79 Å². The summed E-state index contributed by atoms with van der Waals surface area (Å²) in [5.41, 5.74) is 0.922. The molecule has 28 heavy (non-hydrogen) atoms. The maximum Gasteiger partial charge on any atom is 0.416 e. The summed E-state index contributed by atoms with van der Waals surface area (Å²) in [5.74, 6) is 0. The Kier molecular flexibility index (Phi) is 5.90. The van der Waals surface area contributed by atoms with Gasteiger partial charge in [-0.15, -0.1) is 0 Å². The average Bonchev–Trinajstić information content (AvgIpc) is 2.63. The van der Waals surface area contributed by atoms with E-state index >= 15 is 0 Å². The van der Waals surface area contributed by atoms with E-state index < -0.39 is 17.8 Å². The number of alkyl halides is 3. The molecular formula is C20H22F3N3O2. The number of carbonyl (C=O) groups is 1. The molecule has 1 atom stereocenters. The number of morpholine rings is 1. The third kappa shape index (κ3) is 5.46. The minimum Gasteiger partial charge on any atom is -0.372 e. The molecule has 0 radical (unpaired) electrons. The Labute approximate surface area is 161 Å². The zero-order chi connectivity index (χ0) is 20.2. The fourth-order valence-corrected chi connectivity index (χ4v) is 3.06. The van der Waals surface area contributed by atoms with Gasteiger partial charge in [-0.2, -0.15) is 13.2 Å². The first-order valence-electron chi connectivity index (χ1n) is 8.92. The van der Waals surface area contributed by atoms with Crippen molar-refractivity contribution in [2.75, 3.05) is 30.3 Å². The van der Waals surface area contributed by atoms with E-state index in [1.54, 1.807) is 12.1 Å². The minimum atomic E-state index is -4.40. The summed E-state index contributed by atoms with van der Waals surface area (Å²) in [5, 5.41) is 8.48. The Morgan fingerprint density at radius 1 is 1.07 bits per heavy atom. The van der Waals surface area contributed by atoms with Crippen LogP contribution >= 0.6 is 0 Å². The van der Waals surface area contributed by atoms with Crippen molar-refractivity contribution in [3.05, 3.63) is 59.7 Å². The van der Waals surface area contributed by atoms with E-state index in [-0.39, 0.29) is 11.3 Å². The monoisotopic (exact) mass is 393 g/mol. The average molecular weight is 393 g/mol. The van der Waals surface area contributed by atoms with Crippen LogP contribution in [0.2, 0.25) is 0 Å². The Bertz CT molecular complexity index is 799. The van der Waals surface area contributed by atoms with E-state index in [0.717, 1.165) is 37.2 Å². The van der Waals surface area contributed by atoms with Crippen LogP contribution in [0.3, 0.4) is 0 Å². The van der Waals surface area contributed by atoms with E-state index in [4.69, 9.17) is 4.74 Å². The molecule has 0 unspecified atom stereocenters.